The van der Waals surface area contributed by atoms with E-state index in [1.54, 1.807) is 0 Å². The van der Waals surface area contributed by atoms with Crippen molar-refractivity contribution in [1.82, 2.24) is 25.3 Å². The molecule has 26 heavy (non-hydrogen) atoms. The first-order chi connectivity index (χ1) is 12.7. The van der Waals surface area contributed by atoms with Crippen LogP contribution in [0, 0.1) is 0 Å². The van der Waals surface area contributed by atoms with Gasteiger partial charge < -0.3 is 21.3 Å². The average Bonchev–Trinajstić information content (AvgIpc) is 3.15. The molecule has 0 spiro atoms. The van der Waals surface area contributed by atoms with Crippen molar-refractivity contribution in [3.05, 3.63) is 30.0 Å². The number of morpholine rings is 1. The van der Waals surface area contributed by atoms with Crippen LogP contribution in [0.1, 0.15) is 5.56 Å². The van der Waals surface area contributed by atoms with Crippen LogP contribution in [0.4, 0.5) is 11.8 Å². The van der Waals surface area contributed by atoms with Gasteiger partial charge in [-0.15, -0.1) is 0 Å². The summed E-state index contributed by atoms with van der Waals surface area (Å²) in [4.78, 5) is 10.8. The van der Waals surface area contributed by atoms with Gasteiger partial charge in [-0.2, -0.15) is 4.98 Å². The van der Waals surface area contributed by atoms with Gasteiger partial charge in [0.1, 0.15) is 0 Å². The number of nitrogen functional groups attached to an aromatic ring is 2. The fourth-order valence-corrected chi connectivity index (χ4v) is 3.33. The van der Waals surface area contributed by atoms with Crippen LogP contribution in [0.25, 0.3) is 16.5 Å². The van der Waals surface area contributed by atoms with E-state index >= 15 is 0 Å². The van der Waals surface area contributed by atoms with E-state index in [-0.39, 0.29) is 5.95 Å². The van der Waals surface area contributed by atoms with E-state index in [1.807, 2.05) is 24.4 Å². The molecule has 2 aromatic rings. The molecule has 1 saturated heterocycles. The quantitative estimate of drug-likeness (QED) is 0.433. The van der Waals surface area contributed by atoms with Crippen LogP contribution in [0.15, 0.2) is 24.4 Å². The third-order valence-corrected chi connectivity index (χ3v) is 4.79. The van der Waals surface area contributed by atoms with Gasteiger partial charge in [0.25, 0.3) is 0 Å². The normalized spacial score (nSPS) is 18.7. The molecular weight excluding hydrogens is 332 g/mol. The van der Waals surface area contributed by atoms with Crippen molar-refractivity contribution in [3.8, 4) is 0 Å². The largest absolute Gasteiger partial charge is 0.379 e. The lowest BCUT2D eigenvalue weighted by molar-refractivity contribution is 0.0327. The maximum atomic E-state index is 5.72. The molecule has 2 aliphatic rings. The topological polar surface area (TPSA) is 118 Å². The van der Waals surface area contributed by atoms with E-state index in [1.165, 1.54) is 5.57 Å². The number of anilines is 2. The minimum absolute atomic E-state index is 0.203. The van der Waals surface area contributed by atoms with Crippen molar-refractivity contribution in [2.24, 2.45) is 5.84 Å². The van der Waals surface area contributed by atoms with Crippen molar-refractivity contribution in [1.29, 1.82) is 0 Å². The predicted molar refractivity (Wildman–Crippen MR) is 102 cm³/mol. The lowest BCUT2D eigenvalue weighted by Gasteiger charge is -2.28. The summed E-state index contributed by atoms with van der Waals surface area (Å²) in [7, 11) is 0. The molecule has 1 fully saturated rings. The standard InChI is InChI=1S/C17H24N8O/c18-17-21-15-2-1-12(9-14(15)16(22-17)23-19)13-10-20-25(11-13)4-3-24-5-7-26-8-6-24/h1-2,9-10,20H,3-8,11,19H2,(H3,18,21,22,23). The zero-order valence-electron chi connectivity index (χ0n) is 14.6. The van der Waals surface area contributed by atoms with Gasteiger partial charge in [0.15, 0.2) is 5.82 Å². The summed E-state index contributed by atoms with van der Waals surface area (Å²) in [6.45, 7) is 6.52. The second kappa shape index (κ2) is 7.42. The zero-order chi connectivity index (χ0) is 17.9. The third-order valence-electron chi connectivity index (χ3n) is 4.79. The van der Waals surface area contributed by atoms with Gasteiger partial charge in [-0.1, -0.05) is 6.07 Å². The monoisotopic (exact) mass is 356 g/mol. The van der Waals surface area contributed by atoms with Crippen LogP contribution in [0.3, 0.4) is 0 Å². The first-order valence-electron chi connectivity index (χ1n) is 8.77. The summed E-state index contributed by atoms with van der Waals surface area (Å²) in [6, 6.07) is 6.04. The second-order valence-electron chi connectivity index (χ2n) is 6.48. The maximum Gasteiger partial charge on any atom is 0.222 e. The second-order valence-corrected chi connectivity index (χ2v) is 6.48. The lowest BCUT2D eigenvalue weighted by atomic mass is 10.0. The summed E-state index contributed by atoms with van der Waals surface area (Å²) >= 11 is 0. The Morgan fingerprint density at radius 2 is 2.04 bits per heavy atom. The Hall–Kier alpha value is -2.46. The lowest BCUT2D eigenvalue weighted by Crippen LogP contribution is -2.43. The molecule has 1 aromatic carbocycles. The Labute approximate surface area is 151 Å². The number of rotatable bonds is 5. The van der Waals surface area contributed by atoms with Gasteiger partial charge in [0.2, 0.25) is 5.95 Å². The summed E-state index contributed by atoms with van der Waals surface area (Å²) < 4.78 is 5.39. The van der Waals surface area contributed by atoms with E-state index in [9.17, 15) is 0 Å². The Kier molecular flexibility index (Phi) is 4.85. The molecular formula is C17H24N8O. The zero-order valence-corrected chi connectivity index (χ0v) is 14.6. The summed E-state index contributed by atoms with van der Waals surface area (Å²) in [5.74, 6) is 6.31. The Morgan fingerprint density at radius 3 is 2.85 bits per heavy atom. The number of benzene rings is 1. The highest BCUT2D eigenvalue weighted by molar-refractivity contribution is 5.92. The molecule has 1 aromatic heterocycles. The van der Waals surface area contributed by atoms with Gasteiger partial charge in [-0.25, -0.2) is 15.8 Å². The number of nitrogens with two attached hydrogens (primary N) is 2. The molecule has 3 heterocycles. The Bertz CT molecular complexity index is 818. The Balaban J connectivity index is 1.44. The van der Waals surface area contributed by atoms with Crippen LogP contribution >= 0.6 is 0 Å². The fourth-order valence-electron chi connectivity index (χ4n) is 3.33. The maximum absolute atomic E-state index is 5.72. The number of nitrogens with zero attached hydrogens (tertiary/aromatic N) is 4. The molecule has 6 N–H and O–H groups in total. The van der Waals surface area contributed by atoms with E-state index in [2.05, 4.69) is 30.7 Å². The molecule has 0 aliphatic carbocycles. The molecule has 0 atom stereocenters. The highest BCUT2D eigenvalue weighted by Crippen LogP contribution is 2.26. The third kappa shape index (κ3) is 3.56. The first kappa shape index (κ1) is 17.0. The number of fused-ring (bicyclic) bond motifs is 1. The Morgan fingerprint density at radius 1 is 1.19 bits per heavy atom. The highest BCUT2D eigenvalue weighted by Gasteiger charge is 2.18. The molecule has 0 unspecified atom stereocenters. The number of hydrazine groups is 2. The van der Waals surface area contributed by atoms with Gasteiger partial charge in [-0.3, -0.25) is 4.90 Å². The van der Waals surface area contributed by atoms with Crippen molar-refractivity contribution in [2.75, 3.05) is 57.1 Å². The molecule has 0 radical (unpaired) electrons. The van der Waals surface area contributed by atoms with E-state index in [4.69, 9.17) is 16.3 Å². The molecule has 138 valence electrons. The first-order valence-corrected chi connectivity index (χ1v) is 8.77. The van der Waals surface area contributed by atoms with Crippen molar-refractivity contribution in [3.63, 3.8) is 0 Å². The number of nitrogens with one attached hydrogen (secondary N) is 2. The molecule has 9 nitrogen and oxygen atoms in total. The van der Waals surface area contributed by atoms with E-state index in [0.717, 1.165) is 62.4 Å². The van der Waals surface area contributed by atoms with Crippen molar-refractivity contribution < 1.29 is 4.74 Å². The van der Waals surface area contributed by atoms with Crippen LogP contribution in [-0.2, 0) is 4.74 Å². The van der Waals surface area contributed by atoms with E-state index < -0.39 is 0 Å². The predicted octanol–water partition coefficient (Wildman–Crippen LogP) is -0.00910. The molecule has 0 bridgehead atoms. The van der Waals surface area contributed by atoms with Crippen molar-refractivity contribution in [2.45, 2.75) is 0 Å². The number of hydrogen-bond acceptors (Lipinski definition) is 9. The minimum atomic E-state index is 0.203. The average molecular weight is 356 g/mol. The molecule has 9 heteroatoms. The van der Waals surface area contributed by atoms with Gasteiger partial charge in [0, 0.05) is 44.3 Å². The van der Waals surface area contributed by atoms with Gasteiger partial charge in [0.05, 0.1) is 18.7 Å². The van der Waals surface area contributed by atoms with Crippen molar-refractivity contribution >= 4 is 28.2 Å². The number of hydrogen-bond donors (Lipinski definition) is 4. The smallest absolute Gasteiger partial charge is 0.222 e. The van der Waals surface area contributed by atoms with Gasteiger partial charge in [-0.05, 0) is 23.3 Å². The minimum Gasteiger partial charge on any atom is -0.379 e. The van der Waals surface area contributed by atoms with Gasteiger partial charge >= 0.3 is 0 Å². The summed E-state index contributed by atoms with van der Waals surface area (Å²) in [5, 5.41) is 3.07. The van der Waals surface area contributed by atoms with Crippen LogP contribution in [0.5, 0.6) is 0 Å². The molecule has 0 amide bonds. The van der Waals surface area contributed by atoms with Crippen LogP contribution in [-0.4, -0.2) is 65.8 Å². The summed E-state index contributed by atoms with van der Waals surface area (Å²) in [5.41, 5.74) is 14.8. The fraction of sp³-hybridized carbons (Fsp3) is 0.412. The van der Waals surface area contributed by atoms with E-state index in [0.29, 0.717) is 5.82 Å². The van der Waals surface area contributed by atoms with Crippen LogP contribution < -0.4 is 22.4 Å². The number of aromatic nitrogens is 2. The van der Waals surface area contributed by atoms with Crippen LogP contribution in [0.2, 0.25) is 0 Å². The molecule has 2 aliphatic heterocycles. The SMILES string of the molecule is NNc1nc(N)nc2ccc(C3=CNN(CCN4CCOCC4)C3)cc12. The highest BCUT2D eigenvalue weighted by atomic mass is 16.5. The molecule has 4 rings (SSSR count). The summed E-state index contributed by atoms with van der Waals surface area (Å²) in [6.07, 6.45) is 2.05. The number of ether oxygens (including phenoxy) is 1. The molecule has 0 saturated carbocycles.